The molecule has 1 aliphatic carbocycles. The number of aromatic nitrogens is 2. The highest BCUT2D eigenvalue weighted by Gasteiger charge is 2.41. The number of thiophene rings is 1. The average Bonchev–Trinajstić information content (AvgIpc) is 3.78. The summed E-state index contributed by atoms with van der Waals surface area (Å²) in [5.74, 6) is 0. The predicted octanol–water partition coefficient (Wildman–Crippen LogP) is 11.6. The topological polar surface area (TPSA) is 20.7 Å². The van der Waals surface area contributed by atoms with Crippen LogP contribution in [-0.2, 0) is 5.41 Å². The highest BCUT2D eigenvalue weighted by atomic mass is 32.1. The van der Waals surface area contributed by atoms with Gasteiger partial charge < -0.3 is 9.55 Å². The van der Waals surface area contributed by atoms with Crippen molar-refractivity contribution in [3.05, 3.63) is 139 Å². The van der Waals surface area contributed by atoms with Gasteiger partial charge in [-0.05, 0) is 58.7 Å². The summed E-state index contributed by atoms with van der Waals surface area (Å²) >= 11 is 1.89. The molecule has 1 N–H and O–H groups in total. The van der Waals surface area contributed by atoms with Crippen molar-refractivity contribution < 1.29 is 0 Å². The van der Waals surface area contributed by atoms with Crippen LogP contribution in [-0.4, -0.2) is 9.55 Å². The number of benzene rings is 6. The van der Waals surface area contributed by atoms with E-state index in [1.54, 1.807) is 0 Å². The van der Waals surface area contributed by atoms with Crippen molar-refractivity contribution in [2.45, 2.75) is 19.3 Å². The molecule has 6 aromatic carbocycles. The minimum atomic E-state index is -0.127. The first-order chi connectivity index (χ1) is 21.6. The van der Waals surface area contributed by atoms with Crippen LogP contribution in [0.4, 0.5) is 0 Å². The first-order valence-electron chi connectivity index (χ1n) is 15.3. The van der Waals surface area contributed by atoms with E-state index in [0.29, 0.717) is 0 Å². The van der Waals surface area contributed by atoms with Gasteiger partial charge in [0, 0.05) is 58.5 Å². The lowest BCUT2D eigenvalue weighted by Gasteiger charge is -2.21. The van der Waals surface area contributed by atoms with Gasteiger partial charge in [0.25, 0.3) is 0 Å². The first kappa shape index (κ1) is 24.3. The van der Waals surface area contributed by atoms with E-state index in [4.69, 9.17) is 0 Å². The van der Waals surface area contributed by atoms with Crippen LogP contribution in [0.15, 0.2) is 127 Å². The summed E-state index contributed by atoms with van der Waals surface area (Å²) in [6.45, 7) is 4.77. The molecule has 0 fully saturated rings. The van der Waals surface area contributed by atoms with Gasteiger partial charge in [-0.2, -0.15) is 0 Å². The van der Waals surface area contributed by atoms with Crippen LogP contribution >= 0.6 is 11.3 Å². The third-order valence-electron chi connectivity index (χ3n) is 9.91. The van der Waals surface area contributed by atoms with Gasteiger partial charge in [-0.25, -0.2) is 0 Å². The van der Waals surface area contributed by atoms with Crippen LogP contribution < -0.4 is 0 Å². The summed E-state index contributed by atoms with van der Waals surface area (Å²) in [6.07, 6.45) is 0. The maximum atomic E-state index is 3.91. The van der Waals surface area contributed by atoms with Crippen LogP contribution in [0.5, 0.6) is 0 Å². The Kier molecular flexibility index (Phi) is 4.70. The second kappa shape index (κ2) is 8.49. The van der Waals surface area contributed by atoms with Gasteiger partial charge in [0.2, 0.25) is 0 Å². The highest BCUT2D eigenvalue weighted by Crippen LogP contribution is 2.55. The number of nitrogens with one attached hydrogen (secondary N) is 1. The van der Waals surface area contributed by atoms with E-state index < -0.39 is 0 Å². The molecule has 1 aliphatic rings. The van der Waals surface area contributed by atoms with Crippen molar-refractivity contribution >= 4 is 64.2 Å². The Morgan fingerprint density at radius 1 is 0.636 bits per heavy atom. The molecule has 10 rings (SSSR count). The van der Waals surface area contributed by atoms with Gasteiger partial charge in [-0.15, -0.1) is 11.3 Å². The number of fused-ring (bicyclic) bond motifs is 12. The largest absolute Gasteiger partial charge is 0.354 e. The van der Waals surface area contributed by atoms with E-state index in [-0.39, 0.29) is 5.41 Å². The molecule has 0 saturated carbocycles. The molecule has 0 aliphatic heterocycles. The van der Waals surface area contributed by atoms with E-state index in [1.807, 2.05) is 11.3 Å². The number of hydrogen-bond acceptors (Lipinski definition) is 1. The molecule has 0 unspecified atom stereocenters. The summed E-state index contributed by atoms with van der Waals surface area (Å²) < 4.78 is 5.18. The third kappa shape index (κ3) is 3.04. The van der Waals surface area contributed by atoms with Crippen LogP contribution in [0.2, 0.25) is 0 Å². The van der Waals surface area contributed by atoms with Gasteiger partial charge in [-0.1, -0.05) is 105 Å². The Morgan fingerprint density at radius 3 is 2.32 bits per heavy atom. The van der Waals surface area contributed by atoms with Crippen molar-refractivity contribution in [3.63, 3.8) is 0 Å². The fraction of sp³-hybridized carbons (Fsp3) is 0.0732. The lowest BCUT2D eigenvalue weighted by molar-refractivity contribution is 0.666. The summed E-state index contributed by atoms with van der Waals surface area (Å²) in [6, 6.07) is 46.9. The van der Waals surface area contributed by atoms with Crippen LogP contribution in [0.25, 0.3) is 81.0 Å². The van der Waals surface area contributed by atoms with Crippen molar-refractivity contribution in [1.29, 1.82) is 0 Å². The zero-order valence-electron chi connectivity index (χ0n) is 24.5. The molecule has 208 valence electrons. The van der Waals surface area contributed by atoms with E-state index >= 15 is 0 Å². The van der Waals surface area contributed by atoms with Crippen LogP contribution in [0, 0.1) is 0 Å². The molecule has 44 heavy (non-hydrogen) atoms. The van der Waals surface area contributed by atoms with Crippen LogP contribution in [0.1, 0.15) is 25.0 Å². The minimum absolute atomic E-state index is 0.127. The smallest absolute Gasteiger partial charge is 0.0585 e. The van der Waals surface area contributed by atoms with Crippen molar-refractivity contribution in [3.8, 4) is 28.1 Å². The normalized spacial score (nSPS) is 13.9. The summed E-state index contributed by atoms with van der Waals surface area (Å²) in [4.78, 5) is 3.91. The summed E-state index contributed by atoms with van der Waals surface area (Å²) in [5, 5.41) is 6.55. The molecule has 0 saturated heterocycles. The van der Waals surface area contributed by atoms with E-state index in [1.165, 1.54) is 92.1 Å². The van der Waals surface area contributed by atoms with E-state index in [0.717, 1.165) is 0 Å². The number of H-pyrrole nitrogens is 1. The van der Waals surface area contributed by atoms with Crippen molar-refractivity contribution in [2.24, 2.45) is 0 Å². The van der Waals surface area contributed by atoms with Crippen molar-refractivity contribution in [1.82, 2.24) is 9.55 Å². The number of nitrogens with zero attached hydrogens (tertiary/aromatic N) is 1. The van der Waals surface area contributed by atoms with Gasteiger partial charge >= 0.3 is 0 Å². The molecular weight excluding hydrogens is 553 g/mol. The Labute approximate surface area is 258 Å². The lowest BCUT2D eigenvalue weighted by atomic mass is 9.81. The van der Waals surface area contributed by atoms with Gasteiger partial charge in [-0.3, -0.25) is 0 Å². The summed E-state index contributed by atoms with van der Waals surface area (Å²) in [7, 11) is 0. The Bertz CT molecular complexity index is 2630. The summed E-state index contributed by atoms with van der Waals surface area (Å²) in [5.41, 5.74) is 12.7. The number of para-hydroxylation sites is 1. The molecule has 3 heterocycles. The molecular formula is C41H28N2S. The van der Waals surface area contributed by atoms with Crippen LogP contribution in [0.3, 0.4) is 0 Å². The lowest BCUT2D eigenvalue weighted by Crippen LogP contribution is -2.14. The maximum absolute atomic E-state index is 3.91. The second-order valence-corrected chi connectivity index (χ2v) is 13.7. The van der Waals surface area contributed by atoms with Gasteiger partial charge in [0.05, 0.1) is 16.7 Å². The zero-order valence-corrected chi connectivity index (χ0v) is 25.3. The number of aromatic amines is 1. The SMILES string of the molecule is CC1(C)c2ccccc2-c2c1c1c3[nH]c4ccc(-c5cccc6c5sc5ccccc56)cc4c3ccc1n2-c1ccccc1. The molecule has 3 heteroatoms. The zero-order chi connectivity index (χ0) is 29.2. The standard InChI is InChI=1S/C41H28N2S/c1-41(2)32-17-8-6-14-30(32)39-37(41)36-34(43(39)25-11-4-3-5-12-25)22-20-28-31-23-24(19-21-33(31)42-38(28)36)26-15-10-16-29-27-13-7-9-18-35(27)44-40(26)29/h3-23,42H,1-2H3. The highest BCUT2D eigenvalue weighted by molar-refractivity contribution is 7.26. The fourth-order valence-corrected chi connectivity index (χ4v) is 9.21. The molecule has 9 aromatic rings. The minimum Gasteiger partial charge on any atom is -0.354 e. The molecule has 2 nitrogen and oxygen atoms in total. The number of rotatable bonds is 2. The van der Waals surface area contributed by atoms with E-state index in [9.17, 15) is 0 Å². The molecule has 0 bridgehead atoms. The Morgan fingerprint density at radius 2 is 1.41 bits per heavy atom. The molecule has 0 amide bonds. The maximum Gasteiger partial charge on any atom is 0.0585 e. The van der Waals surface area contributed by atoms with Gasteiger partial charge in [0.1, 0.15) is 0 Å². The second-order valence-electron chi connectivity index (χ2n) is 12.6. The molecule has 0 atom stereocenters. The Hall–Kier alpha value is -5.12. The van der Waals surface area contributed by atoms with E-state index in [2.05, 4.69) is 151 Å². The Balaban J connectivity index is 1.28. The van der Waals surface area contributed by atoms with Gasteiger partial charge in [0.15, 0.2) is 0 Å². The third-order valence-corrected chi connectivity index (χ3v) is 11.1. The monoisotopic (exact) mass is 580 g/mol. The predicted molar refractivity (Wildman–Crippen MR) is 189 cm³/mol. The molecule has 0 spiro atoms. The quantitative estimate of drug-likeness (QED) is 0.210. The van der Waals surface area contributed by atoms with Crippen molar-refractivity contribution in [2.75, 3.05) is 0 Å². The average molecular weight is 581 g/mol. The number of hydrogen-bond donors (Lipinski definition) is 1. The first-order valence-corrected chi connectivity index (χ1v) is 16.1. The molecule has 3 aromatic heterocycles. The fourth-order valence-electron chi connectivity index (χ4n) is 7.97. The molecule has 0 radical (unpaired) electrons.